The molecule has 1 rings (SSSR count). The molecule has 1 aromatic rings. The van der Waals surface area contributed by atoms with Crippen LogP contribution in [0, 0.1) is 5.82 Å². The van der Waals surface area contributed by atoms with E-state index in [4.69, 9.17) is 11.6 Å². The van der Waals surface area contributed by atoms with Gasteiger partial charge in [-0.25, -0.2) is 4.39 Å². The van der Waals surface area contributed by atoms with Gasteiger partial charge in [0.1, 0.15) is 5.82 Å². The fraction of sp³-hybridized carbons (Fsp3) is 0.417. The molecule has 0 fully saturated rings. The number of rotatable bonds is 3. The van der Waals surface area contributed by atoms with Crippen molar-refractivity contribution in [1.82, 2.24) is 4.90 Å². The third-order valence-corrected chi connectivity index (χ3v) is 4.31. The van der Waals surface area contributed by atoms with Gasteiger partial charge in [0.15, 0.2) is 0 Å². The van der Waals surface area contributed by atoms with Crippen molar-refractivity contribution in [2.75, 3.05) is 12.4 Å². The molecular weight excluding hydrogens is 308 g/mol. The predicted octanol–water partition coefficient (Wildman–Crippen LogP) is 3.72. The number of carbonyl (C=O) groups excluding carboxylic acids is 1. The zero-order valence-corrected chi connectivity index (χ0v) is 12.3. The lowest BCUT2D eigenvalue weighted by Gasteiger charge is -2.34. The van der Waals surface area contributed by atoms with Gasteiger partial charge in [0, 0.05) is 22.9 Å². The fourth-order valence-electron chi connectivity index (χ4n) is 1.21. The molecule has 0 aromatic heterocycles. The average Bonchev–Trinajstić information content (AvgIpc) is 2.27. The van der Waals surface area contributed by atoms with Crippen LogP contribution in [0.15, 0.2) is 18.2 Å². The van der Waals surface area contributed by atoms with Crippen molar-refractivity contribution in [2.45, 2.75) is 19.4 Å². The Morgan fingerprint density at radius 1 is 1.53 bits per heavy atom. The molecule has 0 heterocycles. The molecule has 0 aliphatic carbocycles. The summed E-state index contributed by atoms with van der Waals surface area (Å²) >= 11 is 8.98. The first kappa shape index (κ1) is 14.5. The van der Waals surface area contributed by atoms with E-state index in [0.717, 1.165) is 6.07 Å². The van der Waals surface area contributed by atoms with E-state index in [0.29, 0.717) is 5.33 Å². The van der Waals surface area contributed by atoms with E-state index < -0.39 is 5.82 Å². The first-order valence-electron chi connectivity index (χ1n) is 5.09. The summed E-state index contributed by atoms with van der Waals surface area (Å²) in [5.74, 6) is -0.955. The molecule has 5 heteroatoms. The SMILES string of the molecule is CN(C(=O)c1ccc(Cl)cc1F)C(C)(C)CBr. The first-order valence-corrected chi connectivity index (χ1v) is 6.58. The van der Waals surface area contributed by atoms with Crippen LogP contribution in [0.4, 0.5) is 4.39 Å². The number of nitrogens with zero attached hydrogens (tertiary/aromatic N) is 1. The number of amides is 1. The highest BCUT2D eigenvalue weighted by molar-refractivity contribution is 9.09. The largest absolute Gasteiger partial charge is 0.336 e. The standard InChI is InChI=1S/C12H14BrClFNO/c1-12(2,7-13)16(3)11(17)9-5-4-8(14)6-10(9)15/h4-6H,7H2,1-3H3. The van der Waals surface area contributed by atoms with Crippen LogP contribution in [0.3, 0.4) is 0 Å². The zero-order valence-electron chi connectivity index (χ0n) is 9.93. The monoisotopic (exact) mass is 321 g/mol. The van der Waals surface area contributed by atoms with Gasteiger partial charge in [0.2, 0.25) is 0 Å². The zero-order chi connectivity index (χ0) is 13.2. The minimum Gasteiger partial charge on any atom is -0.336 e. The Hall–Kier alpha value is -0.610. The van der Waals surface area contributed by atoms with Crippen LogP contribution in [-0.2, 0) is 0 Å². The van der Waals surface area contributed by atoms with Gasteiger partial charge < -0.3 is 4.90 Å². The maximum Gasteiger partial charge on any atom is 0.257 e. The van der Waals surface area contributed by atoms with E-state index in [1.165, 1.54) is 17.0 Å². The molecule has 0 spiro atoms. The molecule has 1 aromatic carbocycles. The molecule has 0 radical (unpaired) electrons. The molecule has 1 amide bonds. The summed E-state index contributed by atoms with van der Waals surface area (Å²) in [5.41, 5.74) is -0.352. The van der Waals surface area contributed by atoms with Gasteiger partial charge in [-0.05, 0) is 32.0 Å². The third-order valence-electron chi connectivity index (χ3n) is 2.70. The van der Waals surface area contributed by atoms with Crippen LogP contribution in [0.25, 0.3) is 0 Å². The highest BCUT2D eigenvalue weighted by Crippen LogP contribution is 2.21. The van der Waals surface area contributed by atoms with Crippen LogP contribution >= 0.6 is 27.5 Å². The second kappa shape index (κ2) is 5.36. The molecule has 0 aliphatic rings. The fourth-order valence-corrected chi connectivity index (χ4v) is 1.74. The second-order valence-electron chi connectivity index (χ2n) is 4.43. The number of halogens is 3. The molecular formula is C12H14BrClFNO. The topological polar surface area (TPSA) is 20.3 Å². The smallest absolute Gasteiger partial charge is 0.257 e. The maximum atomic E-state index is 13.6. The predicted molar refractivity (Wildman–Crippen MR) is 71.4 cm³/mol. The molecule has 0 saturated heterocycles. The Balaban J connectivity index is 3.05. The molecule has 94 valence electrons. The van der Waals surface area contributed by atoms with Crippen molar-refractivity contribution in [3.63, 3.8) is 0 Å². The van der Waals surface area contributed by atoms with E-state index in [2.05, 4.69) is 15.9 Å². The van der Waals surface area contributed by atoms with Crippen molar-refractivity contribution >= 4 is 33.4 Å². The molecule has 2 nitrogen and oxygen atoms in total. The summed E-state index contributed by atoms with van der Waals surface area (Å²) in [6.07, 6.45) is 0. The summed E-state index contributed by atoms with van der Waals surface area (Å²) in [5, 5.41) is 0.888. The molecule has 0 saturated carbocycles. The number of carbonyl (C=O) groups is 1. The Morgan fingerprint density at radius 2 is 2.12 bits per heavy atom. The first-order chi connectivity index (χ1) is 7.79. The second-order valence-corrected chi connectivity index (χ2v) is 5.43. The van der Waals surface area contributed by atoms with Gasteiger partial charge in [-0.3, -0.25) is 4.79 Å². The van der Waals surface area contributed by atoms with Crippen molar-refractivity contribution in [3.05, 3.63) is 34.6 Å². The molecule has 17 heavy (non-hydrogen) atoms. The van der Waals surface area contributed by atoms with Gasteiger partial charge in [-0.1, -0.05) is 27.5 Å². The van der Waals surface area contributed by atoms with Crippen LogP contribution in [0.5, 0.6) is 0 Å². The quantitative estimate of drug-likeness (QED) is 0.777. The highest BCUT2D eigenvalue weighted by Gasteiger charge is 2.28. The Bertz CT molecular complexity index is 437. The van der Waals surface area contributed by atoms with Gasteiger partial charge >= 0.3 is 0 Å². The summed E-state index contributed by atoms with van der Waals surface area (Å²) in [6.45, 7) is 3.79. The number of hydrogen-bond donors (Lipinski definition) is 0. The van der Waals surface area contributed by atoms with Crippen LogP contribution < -0.4 is 0 Å². The van der Waals surface area contributed by atoms with Crippen molar-refractivity contribution < 1.29 is 9.18 Å². The minimum absolute atomic E-state index is 0.0333. The van der Waals surface area contributed by atoms with Crippen LogP contribution in [0.2, 0.25) is 5.02 Å². The lowest BCUT2D eigenvalue weighted by molar-refractivity contribution is 0.0659. The van der Waals surface area contributed by atoms with E-state index in [1.54, 1.807) is 7.05 Å². The minimum atomic E-state index is -0.597. The summed E-state index contributed by atoms with van der Waals surface area (Å²) in [6, 6.07) is 4.05. The molecule has 0 atom stereocenters. The Kier molecular flexibility index (Phi) is 4.55. The number of hydrogen-bond acceptors (Lipinski definition) is 1. The van der Waals surface area contributed by atoms with E-state index in [1.807, 2.05) is 13.8 Å². The summed E-state index contributed by atoms with van der Waals surface area (Å²) in [4.78, 5) is 13.6. The highest BCUT2D eigenvalue weighted by atomic mass is 79.9. The third kappa shape index (κ3) is 3.19. The van der Waals surface area contributed by atoms with Crippen molar-refractivity contribution in [1.29, 1.82) is 0 Å². The lowest BCUT2D eigenvalue weighted by atomic mass is 10.0. The Morgan fingerprint density at radius 3 is 2.59 bits per heavy atom. The van der Waals surface area contributed by atoms with E-state index in [9.17, 15) is 9.18 Å². The normalized spacial score (nSPS) is 11.4. The molecule has 0 aliphatic heterocycles. The van der Waals surface area contributed by atoms with E-state index >= 15 is 0 Å². The van der Waals surface area contributed by atoms with Crippen molar-refractivity contribution in [3.8, 4) is 0 Å². The number of benzene rings is 1. The van der Waals surface area contributed by atoms with Crippen LogP contribution in [0.1, 0.15) is 24.2 Å². The lowest BCUT2D eigenvalue weighted by Crippen LogP contribution is -2.46. The van der Waals surface area contributed by atoms with E-state index in [-0.39, 0.29) is 22.0 Å². The maximum absolute atomic E-state index is 13.6. The van der Waals surface area contributed by atoms with Gasteiger partial charge in [-0.2, -0.15) is 0 Å². The molecule has 0 N–H and O–H groups in total. The van der Waals surface area contributed by atoms with Gasteiger partial charge in [0.25, 0.3) is 5.91 Å². The number of alkyl halides is 1. The van der Waals surface area contributed by atoms with Gasteiger partial charge in [0.05, 0.1) is 5.56 Å². The van der Waals surface area contributed by atoms with Gasteiger partial charge in [-0.15, -0.1) is 0 Å². The molecule has 0 bridgehead atoms. The summed E-state index contributed by atoms with van der Waals surface area (Å²) in [7, 11) is 1.65. The van der Waals surface area contributed by atoms with Crippen molar-refractivity contribution in [2.24, 2.45) is 0 Å². The van der Waals surface area contributed by atoms with Crippen LogP contribution in [-0.4, -0.2) is 28.7 Å². The molecule has 0 unspecified atom stereocenters. The Labute approximate surface area is 114 Å². The summed E-state index contributed by atoms with van der Waals surface area (Å²) < 4.78 is 13.6. The average molecular weight is 323 g/mol.